The molecule has 0 saturated carbocycles. The predicted molar refractivity (Wildman–Crippen MR) is 81.3 cm³/mol. The van der Waals surface area contributed by atoms with Crippen molar-refractivity contribution in [2.75, 3.05) is 26.0 Å². The molecule has 4 heteroatoms. The molecule has 104 valence electrons. The van der Waals surface area contributed by atoms with Crippen LogP contribution < -0.4 is 10.5 Å². The Morgan fingerprint density at radius 3 is 2.89 bits per heavy atom. The Balaban J connectivity index is 2.69. The average Bonchev–Trinajstić information content (AvgIpc) is 2.45. The second kappa shape index (κ2) is 8.87. The van der Waals surface area contributed by atoms with Gasteiger partial charge in [0.15, 0.2) is 0 Å². The number of thioether (sulfide) groups is 1. The van der Waals surface area contributed by atoms with Gasteiger partial charge >= 0.3 is 0 Å². The zero-order valence-electron chi connectivity index (χ0n) is 11.5. The van der Waals surface area contributed by atoms with Gasteiger partial charge in [0.25, 0.3) is 0 Å². The lowest BCUT2D eigenvalue weighted by Crippen LogP contribution is -2.03. The zero-order valence-corrected chi connectivity index (χ0v) is 12.3. The summed E-state index contributed by atoms with van der Waals surface area (Å²) in [6.07, 6.45) is 0. The minimum Gasteiger partial charge on any atom is -0.495 e. The summed E-state index contributed by atoms with van der Waals surface area (Å²) >= 11 is 1.81. The van der Waals surface area contributed by atoms with Gasteiger partial charge in [-0.25, -0.2) is 0 Å². The third-order valence-corrected chi connectivity index (χ3v) is 3.91. The maximum Gasteiger partial charge on any atom is 0.134 e. The highest BCUT2D eigenvalue weighted by atomic mass is 32.2. The largest absolute Gasteiger partial charge is 0.495 e. The third-order valence-electron chi connectivity index (χ3n) is 2.57. The number of hydrogen-bond acceptors (Lipinski definition) is 4. The number of ether oxygens (including phenoxy) is 1. The van der Waals surface area contributed by atoms with E-state index in [1.807, 2.05) is 36.9 Å². The van der Waals surface area contributed by atoms with Crippen molar-refractivity contribution in [1.29, 1.82) is 0 Å². The van der Waals surface area contributed by atoms with E-state index in [4.69, 9.17) is 15.6 Å². The molecule has 0 fully saturated rings. The van der Waals surface area contributed by atoms with Crippen molar-refractivity contribution in [2.45, 2.75) is 12.7 Å². The van der Waals surface area contributed by atoms with Crippen LogP contribution in [0.1, 0.15) is 18.1 Å². The van der Waals surface area contributed by atoms with Gasteiger partial charge in [-0.15, -0.1) is 0 Å². The van der Waals surface area contributed by atoms with Gasteiger partial charge in [-0.1, -0.05) is 24.8 Å². The normalized spacial score (nSPS) is 11.6. The molecular weight excluding hydrogens is 258 g/mol. The Bertz CT molecular complexity index is 451. The highest BCUT2D eigenvalue weighted by molar-refractivity contribution is 7.98. The molecule has 3 N–H and O–H groups in total. The summed E-state index contributed by atoms with van der Waals surface area (Å²) < 4.78 is 5.27. The summed E-state index contributed by atoms with van der Waals surface area (Å²) in [4.78, 5) is 0. The van der Waals surface area contributed by atoms with Gasteiger partial charge in [0.2, 0.25) is 0 Å². The molecule has 1 unspecified atom stereocenters. The molecule has 0 saturated heterocycles. The number of benzene rings is 1. The monoisotopic (exact) mass is 279 g/mol. The van der Waals surface area contributed by atoms with Crippen LogP contribution in [0, 0.1) is 17.8 Å². The quantitative estimate of drug-likeness (QED) is 0.781. The van der Waals surface area contributed by atoms with Crippen LogP contribution in [0.5, 0.6) is 5.75 Å². The Morgan fingerprint density at radius 1 is 1.47 bits per heavy atom. The van der Waals surface area contributed by atoms with Gasteiger partial charge in [-0.05, 0) is 29.4 Å². The van der Waals surface area contributed by atoms with Gasteiger partial charge < -0.3 is 15.6 Å². The van der Waals surface area contributed by atoms with Crippen LogP contribution in [-0.4, -0.2) is 31.1 Å². The van der Waals surface area contributed by atoms with Gasteiger partial charge in [0, 0.05) is 12.4 Å². The summed E-state index contributed by atoms with van der Waals surface area (Å²) in [5.41, 5.74) is 7.47. The predicted octanol–water partition coefficient (Wildman–Crippen LogP) is 1.87. The van der Waals surface area contributed by atoms with Gasteiger partial charge in [-0.3, -0.25) is 0 Å². The van der Waals surface area contributed by atoms with Crippen molar-refractivity contribution in [3.05, 3.63) is 29.3 Å². The van der Waals surface area contributed by atoms with Crippen molar-refractivity contribution in [1.82, 2.24) is 0 Å². The zero-order chi connectivity index (χ0) is 14.1. The van der Waals surface area contributed by atoms with Crippen LogP contribution in [0.15, 0.2) is 18.2 Å². The van der Waals surface area contributed by atoms with E-state index in [1.54, 1.807) is 7.11 Å². The minimum absolute atomic E-state index is 0.239. The molecule has 0 aliphatic rings. The molecule has 0 aliphatic carbocycles. The maximum absolute atomic E-state index is 8.98. The fourth-order valence-electron chi connectivity index (χ4n) is 1.52. The van der Waals surface area contributed by atoms with Gasteiger partial charge in [-0.2, -0.15) is 11.8 Å². The molecule has 3 nitrogen and oxygen atoms in total. The molecule has 0 spiro atoms. The SMILES string of the molecule is COc1ccc(CSCC(C)CO)cc1C#CCN. The van der Waals surface area contributed by atoms with Crippen molar-refractivity contribution in [3.63, 3.8) is 0 Å². The Hall–Kier alpha value is -1.15. The Morgan fingerprint density at radius 2 is 2.26 bits per heavy atom. The molecular formula is C15H21NO2S. The summed E-state index contributed by atoms with van der Waals surface area (Å²) in [6, 6.07) is 6.02. The highest BCUT2D eigenvalue weighted by Crippen LogP contribution is 2.22. The molecule has 1 atom stereocenters. The van der Waals surface area contributed by atoms with E-state index in [-0.39, 0.29) is 6.61 Å². The Labute approximate surface area is 119 Å². The Kier molecular flexibility index (Phi) is 7.42. The van der Waals surface area contributed by atoms with Crippen molar-refractivity contribution < 1.29 is 9.84 Å². The summed E-state index contributed by atoms with van der Waals surface area (Å²) in [5, 5.41) is 8.98. The number of aliphatic hydroxyl groups is 1. The topological polar surface area (TPSA) is 55.5 Å². The first kappa shape index (κ1) is 15.9. The lowest BCUT2D eigenvalue weighted by atomic mass is 10.1. The smallest absolute Gasteiger partial charge is 0.134 e. The molecule has 1 aromatic carbocycles. The molecule has 1 rings (SSSR count). The molecule has 0 aromatic heterocycles. The van der Waals surface area contributed by atoms with E-state index in [2.05, 4.69) is 11.8 Å². The van der Waals surface area contributed by atoms with E-state index < -0.39 is 0 Å². The minimum atomic E-state index is 0.239. The lowest BCUT2D eigenvalue weighted by molar-refractivity contribution is 0.250. The van der Waals surface area contributed by atoms with E-state index in [1.165, 1.54) is 5.56 Å². The van der Waals surface area contributed by atoms with Gasteiger partial charge in [0.05, 0.1) is 19.2 Å². The van der Waals surface area contributed by atoms with E-state index in [0.717, 1.165) is 22.8 Å². The first-order valence-corrected chi connectivity index (χ1v) is 7.41. The van der Waals surface area contributed by atoms with Crippen LogP contribution in [0.2, 0.25) is 0 Å². The highest BCUT2D eigenvalue weighted by Gasteiger charge is 2.04. The van der Waals surface area contributed by atoms with Gasteiger partial charge in [0.1, 0.15) is 5.75 Å². The second-order valence-electron chi connectivity index (χ2n) is 4.34. The fourth-order valence-corrected chi connectivity index (χ4v) is 2.56. The van der Waals surface area contributed by atoms with Crippen LogP contribution in [0.3, 0.4) is 0 Å². The van der Waals surface area contributed by atoms with E-state index >= 15 is 0 Å². The molecule has 0 aliphatic heterocycles. The number of aliphatic hydroxyl groups excluding tert-OH is 1. The summed E-state index contributed by atoms with van der Waals surface area (Å²) in [6.45, 7) is 2.62. The summed E-state index contributed by atoms with van der Waals surface area (Å²) in [5.74, 6) is 8.84. The molecule has 19 heavy (non-hydrogen) atoms. The molecule has 0 amide bonds. The number of rotatable bonds is 6. The van der Waals surface area contributed by atoms with Crippen molar-refractivity contribution in [3.8, 4) is 17.6 Å². The van der Waals surface area contributed by atoms with Crippen LogP contribution in [-0.2, 0) is 5.75 Å². The van der Waals surface area contributed by atoms with Crippen LogP contribution in [0.4, 0.5) is 0 Å². The molecule has 0 heterocycles. The van der Waals surface area contributed by atoms with Crippen LogP contribution in [0.25, 0.3) is 0 Å². The lowest BCUT2D eigenvalue weighted by Gasteiger charge is -2.09. The second-order valence-corrected chi connectivity index (χ2v) is 5.37. The summed E-state index contributed by atoms with van der Waals surface area (Å²) in [7, 11) is 1.64. The van der Waals surface area contributed by atoms with E-state index in [9.17, 15) is 0 Å². The number of hydrogen-bond donors (Lipinski definition) is 2. The number of methoxy groups -OCH3 is 1. The van der Waals surface area contributed by atoms with Crippen molar-refractivity contribution >= 4 is 11.8 Å². The fraction of sp³-hybridized carbons (Fsp3) is 0.467. The molecule has 1 aromatic rings. The van der Waals surface area contributed by atoms with E-state index in [0.29, 0.717) is 12.5 Å². The maximum atomic E-state index is 8.98. The third kappa shape index (κ3) is 5.56. The molecule has 0 bridgehead atoms. The van der Waals surface area contributed by atoms with Crippen LogP contribution >= 0.6 is 11.8 Å². The van der Waals surface area contributed by atoms with Crippen molar-refractivity contribution in [2.24, 2.45) is 11.7 Å². The standard InChI is InChI=1S/C15H21NO2S/c1-12(9-17)10-19-11-13-5-6-15(18-2)14(8-13)4-3-7-16/h5-6,8,12,17H,7,9-11,16H2,1-2H3. The average molecular weight is 279 g/mol. The number of nitrogens with two attached hydrogens (primary N) is 1. The first-order chi connectivity index (χ1) is 9.21. The molecule has 0 radical (unpaired) electrons. The first-order valence-electron chi connectivity index (χ1n) is 6.25.